The van der Waals surface area contributed by atoms with Gasteiger partial charge in [-0.1, -0.05) is 53.7 Å². The largest absolute Gasteiger partial charge is 0.506 e. The van der Waals surface area contributed by atoms with Crippen LogP contribution in [0.2, 0.25) is 5.02 Å². The Morgan fingerprint density at radius 3 is 2.58 bits per heavy atom. The molecule has 1 aliphatic rings. The van der Waals surface area contributed by atoms with E-state index in [0.717, 1.165) is 22.0 Å². The molecule has 0 atom stereocenters. The number of hydrogen-bond acceptors (Lipinski definition) is 6. The molecule has 8 heteroatoms. The SMILES string of the molecule is CCOC(=O)C1=C(O)/C(=C/c2cn(Cc3ccc(C#N)cc3)c3ccccc23)SC1=Nc1ccc(Cl)cc1. The molecule has 0 amide bonds. The van der Waals surface area contributed by atoms with Crippen LogP contribution in [0.3, 0.4) is 0 Å². The fourth-order valence-corrected chi connectivity index (χ4v) is 5.32. The van der Waals surface area contributed by atoms with Gasteiger partial charge < -0.3 is 14.4 Å². The molecule has 5 rings (SSSR count). The molecule has 0 unspecified atom stereocenters. The number of carbonyl (C=O) groups is 1. The van der Waals surface area contributed by atoms with Gasteiger partial charge in [-0.15, -0.1) is 0 Å². The van der Waals surface area contributed by atoms with E-state index in [-0.39, 0.29) is 17.9 Å². The number of aliphatic hydroxyl groups excluding tert-OH is 1. The molecule has 0 spiro atoms. The first-order valence-corrected chi connectivity index (χ1v) is 13.1. The van der Waals surface area contributed by atoms with Crippen molar-refractivity contribution >= 4 is 57.0 Å². The Bertz CT molecular complexity index is 1660. The maximum atomic E-state index is 12.8. The number of thioether (sulfide) groups is 1. The number of ether oxygens (including phenoxy) is 1. The van der Waals surface area contributed by atoms with Gasteiger partial charge in [0.2, 0.25) is 0 Å². The summed E-state index contributed by atoms with van der Waals surface area (Å²) in [4.78, 5) is 17.9. The minimum Gasteiger partial charge on any atom is -0.506 e. The standard InChI is InChI=1S/C30H22ClN3O3S/c1-2-37-30(36)27-28(35)26(38-29(27)33-23-13-11-22(31)12-14-23)15-21-18-34(25-6-4-3-5-24(21)25)17-20-9-7-19(16-32)8-10-20/h3-15,18,35H,2,17H2,1H3/b26-15-,33-29?. The summed E-state index contributed by atoms with van der Waals surface area (Å²) < 4.78 is 7.34. The summed E-state index contributed by atoms with van der Waals surface area (Å²) in [5.74, 6) is -0.790. The number of para-hydroxylation sites is 1. The fraction of sp³-hybridized carbons (Fsp3) is 0.100. The van der Waals surface area contributed by atoms with Gasteiger partial charge in [-0.2, -0.15) is 5.26 Å². The second kappa shape index (κ2) is 11.0. The summed E-state index contributed by atoms with van der Waals surface area (Å²) >= 11 is 7.21. The van der Waals surface area contributed by atoms with Crippen molar-refractivity contribution in [1.29, 1.82) is 5.26 Å². The molecule has 1 aromatic heterocycles. The van der Waals surface area contributed by atoms with Crippen LogP contribution in [0.5, 0.6) is 0 Å². The minimum atomic E-state index is -0.628. The molecule has 0 fully saturated rings. The van der Waals surface area contributed by atoms with Crippen LogP contribution in [0.25, 0.3) is 17.0 Å². The summed E-state index contributed by atoms with van der Waals surface area (Å²) in [6.07, 6.45) is 3.88. The topological polar surface area (TPSA) is 87.6 Å². The Hall–Kier alpha value is -4.25. The van der Waals surface area contributed by atoms with Crippen LogP contribution in [0, 0.1) is 11.3 Å². The highest BCUT2D eigenvalue weighted by atomic mass is 35.5. The van der Waals surface area contributed by atoms with E-state index in [1.165, 1.54) is 11.8 Å². The molecule has 0 saturated heterocycles. The number of nitriles is 1. The Labute approximate surface area is 229 Å². The molecule has 188 valence electrons. The highest BCUT2D eigenvalue weighted by Gasteiger charge is 2.33. The highest BCUT2D eigenvalue weighted by Crippen LogP contribution is 2.41. The summed E-state index contributed by atoms with van der Waals surface area (Å²) in [5.41, 5.74) is 4.23. The number of halogens is 1. The van der Waals surface area contributed by atoms with Gasteiger partial charge in [-0.3, -0.25) is 0 Å². The Balaban J connectivity index is 1.55. The van der Waals surface area contributed by atoms with Gasteiger partial charge in [-0.05, 0) is 61.0 Å². The summed E-state index contributed by atoms with van der Waals surface area (Å²) in [6, 6.07) is 24.6. The van der Waals surface area contributed by atoms with Gasteiger partial charge in [0.05, 0.1) is 28.8 Å². The molecule has 3 aromatic carbocycles. The first-order chi connectivity index (χ1) is 18.5. The van der Waals surface area contributed by atoms with E-state index in [9.17, 15) is 9.90 Å². The van der Waals surface area contributed by atoms with Gasteiger partial charge in [0.15, 0.2) is 0 Å². The van der Waals surface area contributed by atoms with Crippen LogP contribution in [-0.2, 0) is 16.1 Å². The van der Waals surface area contributed by atoms with Crippen LogP contribution >= 0.6 is 23.4 Å². The molecule has 6 nitrogen and oxygen atoms in total. The van der Waals surface area contributed by atoms with E-state index in [4.69, 9.17) is 21.6 Å². The quantitative estimate of drug-likeness (QED) is 0.258. The van der Waals surface area contributed by atoms with Crippen molar-refractivity contribution in [2.75, 3.05) is 6.61 Å². The number of fused-ring (bicyclic) bond motifs is 1. The molecule has 1 N–H and O–H groups in total. The van der Waals surface area contributed by atoms with Crippen molar-refractivity contribution < 1.29 is 14.6 Å². The fourth-order valence-electron chi connectivity index (χ4n) is 4.17. The number of hydrogen-bond donors (Lipinski definition) is 1. The third-order valence-electron chi connectivity index (χ3n) is 5.97. The average molecular weight is 540 g/mol. The van der Waals surface area contributed by atoms with Crippen LogP contribution in [0.4, 0.5) is 5.69 Å². The van der Waals surface area contributed by atoms with Gasteiger partial charge in [0.25, 0.3) is 0 Å². The third kappa shape index (κ3) is 5.23. The van der Waals surface area contributed by atoms with Crippen molar-refractivity contribution in [3.05, 3.63) is 117 Å². The molecule has 0 radical (unpaired) electrons. The van der Waals surface area contributed by atoms with Gasteiger partial charge in [-0.25, -0.2) is 9.79 Å². The van der Waals surface area contributed by atoms with Crippen molar-refractivity contribution in [2.24, 2.45) is 4.99 Å². The van der Waals surface area contributed by atoms with Crippen LogP contribution < -0.4 is 0 Å². The van der Waals surface area contributed by atoms with Crippen molar-refractivity contribution in [2.45, 2.75) is 13.5 Å². The van der Waals surface area contributed by atoms with E-state index >= 15 is 0 Å². The molecular weight excluding hydrogens is 518 g/mol. The van der Waals surface area contributed by atoms with Crippen LogP contribution in [0.15, 0.2) is 100 Å². The Morgan fingerprint density at radius 2 is 1.87 bits per heavy atom. The number of benzene rings is 3. The normalized spacial score (nSPS) is 15.4. The van der Waals surface area contributed by atoms with E-state index in [0.29, 0.717) is 32.8 Å². The highest BCUT2D eigenvalue weighted by molar-refractivity contribution is 8.18. The second-order valence-corrected chi connectivity index (χ2v) is 9.95. The van der Waals surface area contributed by atoms with E-state index < -0.39 is 5.97 Å². The van der Waals surface area contributed by atoms with Crippen molar-refractivity contribution in [1.82, 2.24) is 4.57 Å². The lowest BCUT2D eigenvalue weighted by Crippen LogP contribution is -2.12. The summed E-state index contributed by atoms with van der Waals surface area (Å²) in [6.45, 7) is 2.51. The Kier molecular flexibility index (Phi) is 7.36. The predicted molar refractivity (Wildman–Crippen MR) is 153 cm³/mol. The number of carbonyl (C=O) groups excluding carboxylic acids is 1. The number of aliphatic hydroxyl groups is 1. The number of aliphatic imine (C=N–C) groups is 1. The zero-order chi connectivity index (χ0) is 26.6. The third-order valence-corrected chi connectivity index (χ3v) is 7.24. The molecule has 2 heterocycles. The molecule has 0 aliphatic carbocycles. The van der Waals surface area contributed by atoms with Crippen LogP contribution in [-0.4, -0.2) is 27.3 Å². The van der Waals surface area contributed by atoms with Crippen molar-refractivity contribution in [3.8, 4) is 6.07 Å². The Morgan fingerprint density at radius 1 is 1.13 bits per heavy atom. The summed E-state index contributed by atoms with van der Waals surface area (Å²) in [5, 5.41) is 22.1. The zero-order valence-corrected chi connectivity index (χ0v) is 22.0. The number of nitrogens with zero attached hydrogens (tertiary/aromatic N) is 3. The van der Waals surface area contributed by atoms with Gasteiger partial charge in [0, 0.05) is 34.2 Å². The summed E-state index contributed by atoms with van der Waals surface area (Å²) in [7, 11) is 0. The van der Waals surface area contributed by atoms with E-state index in [1.807, 2.05) is 48.7 Å². The number of esters is 1. The van der Waals surface area contributed by atoms with E-state index in [2.05, 4.69) is 15.6 Å². The molecule has 38 heavy (non-hydrogen) atoms. The molecule has 0 bridgehead atoms. The smallest absolute Gasteiger partial charge is 0.344 e. The molecule has 1 aliphatic heterocycles. The second-order valence-electron chi connectivity index (χ2n) is 8.49. The predicted octanol–water partition coefficient (Wildman–Crippen LogP) is 7.41. The maximum Gasteiger partial charge on any atom is 0.344 e. The molecule has 4 aromatic rings. The lowest BCUT2D eigenvalue weighted by molar-refractivity contribution is -0.138. The monoisotopic (exact) mass is 539 g/mol. The number of aromatic nitrogens is 1. The average Bonchev–Trinajstić information content (AvgIpc) is 3.42. The first kappa shape index (κ1) is 25.4. The lowest BCUT2D eigenvalue weighted by Gasteiger charge is -2.05. The zero-order valence-electron chi connectivity index (χ0n) is 20.4. The lowest BCUT2D eigenvalue weighted by atomic mass is 10.1. The van der Waals surface area contributed by atoms with Gasteiger partial charge >= 0.3 is 5.97 Å². The number of rotatable bonds is 6. The first-order valence-electron chi connectivity index (χ1n) is 11.9. The molecule has 0 saturated carbocycles. The molecular formula is C30H22ClN3O3S. The van der Waals surface area contributed by atoms with Crippen molar-refractivity contribution in [3.63, 3.8) is 0 Å². The van der Waals surface area contributed by atoms with E-state index in [1.54, 1.807) is 43.3 Å². The minimum absolute atomic E-state index is 0.0411. The van der Waals surface area contributed by atoms with Crippen LogP contribution in [0.1, 0.15) is 23.6 Å². The maximum absolute atomic E-state index is 12.8. The van der Waals surface area contributed by atoms with Gasteiger partial charge in [0.1, 0.15) is 16.4 Å².